The molecular formula is C16H21NO3S. The van der Waals surface area contributed by atoms with Crippen molar-refractivity contribution in [3.05, 3.63) is 41.3 Å². The molecule has 1 atom stereocenters. The molecule has 1 aromatic rings. The summed E-state index contributed by atoms with van der Waals surface area (Å²) in [6, 6.07) is 7.12. The van der Waals surface area contributed by atoms with Crippen LogP contribution >= 0.6 is 0 Å². The summed E-state index contributed by atoms with van der Waals surface area (Å²) < 4.78 is 23.4. The zero-order valence-electron chi connectivity index (χ0n) is 12.8. The van der Waals surface area contributed by atoms with Crippen molar-refractivity contribution in [2.24, 2.45) is 5.41 Å². The van der Waals surface area contributed by atoms with Crippen LogP contribution < -0.4 is 4.90 Å². The van der Waals surface area contributed by atoms with Gasteiger partial charge in [-0.1, -0.05) is 38.5 Å². The standard InChI is InChI=1S/C16H21NO3S/c1-12-5-7-13(8-6-12)17(15(18)16(2,3)4)14-9-10-21(19,20)11-14/h5-10,14H,11H2,1-4H3/t14-/m0/s1. The van der Waals surface area contributed by atoms with Gasteiger partial charge in [0, 0.05) is 16.5 Å². The smallest absolute Gasteiger partial charge is 0.232 e. The van der Waals surface area contributed by atoms with Crippen molar-refractivity contribution in [2.45, 2.75) is 33.7 Å². The molecule has 0 bridgehead atoms. The van der Waals surface area contributed by atoms with Gasteiger partial charge in [0.15, 0.2) is 9.84 Å². The third-order valence-corrected chi connectivity index (χ3v) is 4.79. The molecule has 4 nitrogen and oxygen atoms in total. The fourth-order valence-corrected chi connectivity index (χ4v) is 3.51. The average Bonchev–Trinajstić information content (AvgIpc) is 2.71. The lowest BCUT2D eigenvalue weighted by atomic mass is 9.93. The van der Waals surface area contributed by atoms with E-state index in [0.29, 0.717) is 0 Å². The number of sulfone groups is 1. The molecule has 5 heteroatoms. The SMILES string of the molecule is Cc1ccc(N(C(=O)C(C)(C)C)[C@H]2C=CS(=O)(=O)C2)cc1. The normalized spacial score (nSPS) is 20.5. The second kappa shape index (κ2) is 5.30. The molecule has 1 heterocycles. The van der Waals surface area contributed by atoms with E-state index in [2.05, 4.69) is 0 Å². The Labute approximate surface area is 126 Å². The van der Waals surface area contributed by atoms with Crippen LogP contribution in [-0.2, 0) is 14.6 Å². The van der Waals surface area contributed by atoms with Crippen LogP contribution in [0.2, 0.25) is 0 Å². The minimum Gasteiger partial charge on any atom is -0.304 e. The van der Waals surface area contributed by atoms with Crippen LogP contribution in [0.4, 0.5) is 5.69 Å². The number of amides is 1. The van der Waals surface area contributed by atoms with Gasteiger partial charge < -0.3 is 4.90 Å². The van der Waals surface area contributed by atoms with Crippen LogP contribution in [0, 0.1) is 12.3 Å². The quantitative estimate of drug-likeness (QED) is 0.844. The number of rotatable bonds is 2. The second-order valence-electron chi connectivity index (χ2n) is 6.49. The number of nitrogens with zero attached hydrogens (tertiary/aromatic N) is 1. The van der Waals surface area contributed by atoms with E-state index in [9.17, 15) is 13.2 Å². The van der Waals surface area contributed by atoms with Crippen LogP contribution in [0.3, 0.4) is 0 Å². The topological polar surface area (TPSA) is 54.5 Å². The van der Waals surface area contributed by atoms with Crippen molar-refractivity contribution in [1.29, 1.82) is 0 Å². The maximum absolute atomic E-state index is 12.7. The maximum Gasteiger partial charge on any atom is 0.232 e. The number of hydrogen-bond acceptors (Lipinski definition) is 3. The average molecular weight is 307 g/mol. The van der Waals surface area contributed by atoms with E-state index in [1.807, 2.05) is 52.0 Å². The molecular weight excluding hydrogens is 286 g/mol. The Morgan fingerprint density at radius 3 is 2.19 bits per heavy atom. The van der Waals surface area contributed by atoms with Crippen molar-refractivity contribution in [2.75, 3.05) is 10.7 Å². The summed E-state index contributed by atoms with van der Waals surface area (Å²) in [6.45, 7) is 7.48. The highest BCUT2D eigenvalue weighted by atomic mass is 32.2. The number of benzene rings is 1. The summed E-state index contributed by atoms with van der Waals surface area (Å²) in [5.41, 5.74) is 1.24. The maximum atomic E-state index is 12.7. The van der Waals surface area contributed by atoms with Crippen LogP contribution in [0.5, 0.6) is 0 Å². The number of anilines is 1. The van der Waals surface area contributed by atoms with E-state index in [1.165, 1.54) is 5.41 Å². The first-order valence-corrected chi connectivity index (χ1v) is 8.63. The summed E-state index contributed by atoms with van der Waals surface area (Å²) in [7, 11) is -3.21. The fourth-order valence-electron chi connectivity index (χ4n) is 2.25. The molecule has 0 spiro atoms. The molecule has 0 fully saturated rings. The number of aryl methyl sites for hydroxylation is 1. The molecule has 0 unspecified atom stereocenters. The predicted octanol–water partition coefficient (Wildman–Crippen LogP) is 2.68. The van der Waals surface area contributed by atoms with Gasteiger partial charge >= 0.3 is 0 Å². The fraction of sp³-hybridized carbons (Fsp3) is 0.438. The van der Waals surface area contributed by atoms with Crippen LogP contribution in [0.25, 0.3) is 0 Å². The highest BCUT2D eigenvalue weighted by Gasteiger charge is 2.36. The Morgan fingerprint density at radius 2 is 1.76 bits per heavy atom. The Morgan fingerprint density at radius 1 is 1.19 bits per heavy atom. The van der Waals surface area contributed by atoms with Gasteiger partial charge in [-0.05, 0) is 25.1 Å². The Hall–Kier alpha value is -1.62. The molecule has 1 aromatic carbocycles. The molecule has 1 aliphatic rings. The Balaban J connectivity index is 2.43. The molecule has 2 rings (SSSR count). The Bertz CT molecular complexity index is 666. The third kappa shape index (κ3) is 3.53. The third-order valence-electron chi connectivity index (χ3n) is 3.42. The lowest BCUT2D eigenvalue weighted by molar-refractivity contribution is -0.126. The van der Waals surface area contributed by atoms with E-state index >= 15 is 0 Å². The van der Waals surface area contributed by atoms with E-state index < -0.39 is 21.3 Å². The van der Waals surface area contributed by atoms with Gasteiger partial charge in [0.2, 0.25) is 5.91 Å². The lowest BCUT2D eigenvalue weighted by Gasteiger charge is -2.33. The molecule has 114 valence electrons. The minimum atomic E-state index is -3.21. The molecule has 0 N–H and O–H groups in total. The summed E-state index contributed by atoms with van der Waals surface area (Å²) >= 11 is 0. The van der Waals surface area contributed by atoms with Crippen LogP contribution in [0.1, 0.15) is 26.3 Å². The molecule has 0 radical (unpaired) electrons. The van der Waals surface area contributed by atoms with E-state index in [4.69, 9.17) is 0 Å². The largest absolute Gasteiger partial charge is 0.304 e. The second-order valence-corrected chi connectivity index (χ2v) is 8.42. The van der Waals surface area contributed by atoms with E-state index in [1.54, 1.807) is 11.0 Å². The number of carbonyl (C=O) groups is 1. The van der Waals surface area contributed by atoms with Crippen molar-refractivity contribution >= 4 is 21.4 Å². The first kappa shape index (κ1) is 15.8. The van der Waals surface area contributed by atoms with Crippen LogP contribution in [-0.4, -0.2) is 26.1 Å². The van der Waals surface area contributed by atoms with Gasteiger partial charge in [0.25, 0.3) is 0 Å². The highest BCUT2D eigenvalue weighted by molar-refractivity contribution is 7.94. The highest BCUT2D eigenvalue weighted by Crippen LogP contribution is 2.28. The first-order valence-electron chi connectivity index (χ1n) is 6.91. The van der Waals surface area contributed by atoms with Crippen molar-refractivity contribution in [3.63, 3.8) is 0 Å². The molecule has 0 saturated heterocycles. The molecule has 1 amide bonds. The summed E-state index contributed by atoms with van der Waals surface area (Å²) in [6.07, 6.45) is 1.60. The molecule has 21 heavy (non-hydrogen) atoms. The van der Waals surface area contributed by atoms with Gasteiger partial charge in [0.1, 0.15) is 0 Å². The zero-order valence-corrected chi connectivity index (χ0v) is 13.6. The first-order chi connectivity index (χ1) is 9.60. The van der Waals surface area contributed by atoms with Gasteiger partial charge in [-0.15, -0.1) is 0 Å². The molecule has 0 saturated carbocycles. The van der Waals surface area contributed by atoms with Gasteiger partial charge in [-0.25, -0.2) is 8.42 Å². The molecule has 0 aromatic heterocycles. The minimum absolute atomic E-state index is 0.0529. The molecule has 1 aliphatic heterocycles. The van der Waals surface area contributed by atoms with E-state index in [-0.39, 0.29) is 11.7 Å². The van der Waals surface area contributed by atoms with Gasteiger partial charge in [-0.3, -0.25) is 4.79 Å². The number of carbonyl (C=O) groups excluding carboxylic acids is 1. The summed E-state index contributed by atoms with van der Waals surface area (Å²) in [5.74, 6) is -0.138. The van der Waals surface area contributed by atoms with Crippen molar-refractivity contribution < 1.29 is 13.2 Å². The van der Waals surface area contributed by atoms with Crippen molar-refractivity contribution in [3.8, 4) is 0 Å². The summed E-state index contributed by atoms with van der Waals surface area (Å²) in [5, 5.41) is 1.20. The number of hydrogen-bond donors (Lipinski definition) is 0. The lowest BCUT2D eigenvalue weighted by Crippen LogP contribution is -2.46. The van der Waals surface area contributed by atoms with Gasteiger partial charge in [0.05, 0.1) is 11.8 Å². The predicted molar refractivity (Wildman–Crippen MR) is 84.8 cm³/mol. The van der Waals surface area contributed by atoms with E-state index in [0.717, 1.165) is 11.3 Å². The van der Waals surface area contributed by atoms with Crippen molar-refractivity contribution in [1.82, 2.24) is 0 Å². The van der Waals surface area contributed by atoms with Gasteiger partial charge in [-0.2, -0.15) is 0 Å². The van der Waals surface area contributed by atoms with Crippen LogP contribution in [0.15, 0.2) is 35.7 Å². The monoisotopic (exact) mass is 307 g/mol. The summed E-state index contributed by atoms with van der Waals surface area (Å²) in [4.78, 5) is 14.3. The Kier molecular flexibility index (Phi) is 3.97. The zero-order chi connectivity index (χ0) is 15.8. The molecule has 0 aliphatic carbocycles.